The Labute approximate surface area is 221 Å². The van der Waals surface area contributed by atoms with Crippen LogP contribution in [0.3, 0.4) is 0 Å². The maximum absolute atomic E-state index is 12.6. The Hall–Kier alpha value is -2.49. The van der Waals surface area contributed by atoms with Crippen molar-refractivity contribution in [2.45, 2.75) is 20.5 Å². The number of nitrogens with one attached hydrogen (secondary N) is 1. The number of rotatable bonds is 6. The third-order valence-corrected chi connectivity index (χ3v) is 7.25. The third-order valence-electron chi connectivity index (χ3n) is 5.13. The molecule has 174 valence electrons. The average Bonchev–Trinajstić information content (AvgIpc) is 3.14. The molecule has 3 aromatic carbocycles. The fourth-order valence-electron chi connectivity index (χ4n) is 3.38. The summed E-state index contributed by atoms with van der Waals surface area (Å²) in [7, 11) is 1.61. The number of aliphatic imine (C=N–C) groups is 1. The molecule has 1 heterocycles. The number of methoxy groups -OCH3 is 1. The number of ether oxygens (including phenoxy) is 2. The molecule has 1 fully saturated rings. The van der Waals surface area contributed by atoms with Gasteiger partial charge < -0.3 is 14.8 Å². The molecule has 0 spiro atoms. The van der Waals surface area contributed by atoms with E-state index in [-0.39, 0.29) is 5.91 Å². The van der Waals surface area contributed by atoms with Gasteiger partial charge in [-0.1, -0.05) is 47.5 Å². The Morgan fingerprint density at radius 1 is 1.15 bits per heavy atom. The van der Waals surface area contributed by atoms with Crippen molar-refractivity contribution in [2.75, 3.05) is 7.11 Å². The molecule has 0 aliphatic carbocycles. The summed E-state index contributed by atoms with van der Waals surface area (Å²) in [5.41, 5.74) is 4.70. The average molecular weight is 605 g/mol. The van der Waals surface area contributed by atoms with Gasteiger partial charge in [0.1, 0.15) is 6.61 Å². The summed E-state index contributed by atoms with van der Waals surface area (Å²) < 4.78 is 12.6. The van der Waals surface area contributed by atoms with E-state index in [1.807, 2.05) is 55.5 Å². The molecule has 4 rings (SSSR count). The van der Waals surface area contributed by atoms with Gasteiger partial charge in [-0.25, -0.2) is 4.99 Å². The van der Waals surface area contributed by atoms with Gasteiger partial charge in [0.2, 0.25) is 0 Å². The van der Waals surface area contributed by atoms with E-state index < -0.39 is 0 Å². The number of aryl methyl sites for hydroxylation is 1. The molecule has 1 aliphatic heterocycles. The molecule has 1 saturated heterocycles. The first-order valence-corrected chi connectivity index (χ1v) is 12.7. The first kappa shape index (κ1) is 24.6. The normalized spacial score (nSPS) is 15.6. The standard InChI is InChI=1S/C26H22ClIN2O3S/c1-15-6-4-7-17(10-15)14-33-24-20(28)11-18(12-22(24)32-3)13-23-25(31)30-26(34-23)29-21-9-5-8-19(27)16(21)2/h4-13H,14H2,1-3H3,(H,29,30,31)/b23-13+. The molecule has 1 aliphatic rings. The third kappa shape index (κ3) is 5.76. The second kappa shape index (κ2) is 10.8. The Balaban J connectivity index is 1.55. The minimum atomic E-state index is -0.197. The first-order chi connectivity index (χ1) is 16.3. The minimum Gasteiger partial charge on any atom is -0.493 e. The second-order valence-corrected chi connectivity index (χ2v) is 10.3. The maximum atomic E-state index is 12.6. The van der Waals surface area contributed by atoms with Crippen LogP contribution in [0.25, 0.3) is 6.08 Å². The van der Waals surface area contributed by atoms with Crippen LogP contribution in [0.1, 0.15) is 22.3 Å². The van der Waals surface area contributed by atoms with Gasteiger partial charge in [0.15, 0.2) is 16.7 Å². The van der Waals surface area contributed by atoms with Gasteiger partial charge in [-0.2, -0.15) is 0 Å². The number of thioether (sulfide) groups is 1. The molecule has 0 radical (unpaired) electrons. The minimum absolute atomic E-state index is 0.197. The Bertz CT molecular complexity index is 1320. The molecule has 1 amide bonds. The molecule has 0 unspecified atom stereocenters. The van der Waals surface area contributed by atoms with Crippen molar-refractivity contribution in [3.05, 3.63) is 90.3 Å². The highest BCUT2D eigenvalue weighted by Crippen LogP contribution is 2.37. The molecular formula is C26H22ClIN2O3S. The smallest absolute Gasteiger partial charge is 0.264 e. The lowest BCUT2D eigenvalue weighted by Crippen LogP contribution is -2.19. The zero-order chi connectivity index (χ0) is 24.2. The van der Waals surface area contributed by atoms with Gasteiger partial charge in [-0.05, 0) is 95.2 Å². The fraction of sp³-hybridized carbons (Fsp3) is 0.154. The largest absolute Gasteiger partial charge is 0.493 e. The van der Waals surface area contributed by atoms with Crippen molar-refractivity contribution < 1.29 is 14.3 Å². The number of hydrogen-bond acceptors (Lipinski definition) is 5. The monoisotopic (exact) mass is 604 g/mol. The number of carbonyl (C=O) groups excluding carboxylic acids is 1. The molecule has 3 aromatic rings. The summed E-state index contributed by atoms with van der Waals surface area (Å²) in [6, 6.07) is 17.5. The number of carbonyl (C=O) groups is 1. The van der Waals surface area contributed by atoms with Crippen LogP contribution < -0.4 is 14.8 Å². The SMILES string of the molecule is COc1cc(/C=C2/SC(=Nc3cccc(Cl)c3C)NC2=O)cc(I)c1OCc1cccc(C)c1. The van der Waals surface area contributed by atoms with Crippen LogP contribution in [0.15, 0.2) is 64.5 Å². The van der Waals surface area contributed by atoms with Crippen molar-refractivity contribution in [2.24, 2.45) is 4.99 Å². The molecule has 0 aromatic heterocycles. The van der Waals surface area contributed by atoms with E-state index in [1.165, 1.54) is 17.3 Å². The van der Waals surface area contributed by atoms with Gasteiger partial charge in [0.05, 0.1) is 21.3 Å². The number of halogens is 2. The van der Waals surface area contributed by atoms with E-state index >= 15 is 0 Å². The quantitative estimate of drug-likeness (QED) is 0.242. The van der Waals surface area contributed by atoms with Crippen LogP contribution in [-0.2, 0) is 11.4 Å². The number of amides is 1. The van der Waals surface area contributed by atoms with Gasteiger partial charge in [0, 0.05) is 5.02 Å². The number of hydrogen-bond donors (Lipinski definition) is 1. The van der Waals surface area contributed by atoms with Gasteiger partial charge in [-0.3, -0.25) is 4.79 Å². The molecular weight excluding hydrogens is 583 g/mol. The topological polar surface area (TPSA) is 59.9 Å². The lowest BCUT2D eigenvalue weighted by Gasteiger charge is -2.14. The predicted octanol–water partition coefficient (Wildman–Crippen LogP) is 7.04. The Kier molecular flexibility index (Phi) is 7.85. The summed E-state index contributed by atoms with van der Waals surface area (Å²) >= 11 is 9.70. The van der Waals surface area contributed by atoms with Gasteiger partial charge in [-0.15, -0.1) is 0 Å². The maximum Gasteiger partial charge on any atom is 0.264 e. The molecule has 34 heavy (non-hydrogen) atoms. The van der Waals surface area contributed by atoms with Crippen molar-refractivity contribution in [1.82, 2.24) is 5.32 Å². The highest BCUT2D eigenvalue weighted by molar-refractivity contribution is 14.1. The fourth-order valence-corrected chi connectivity index (χ4v) is 5.16. The van der Waals surface area contributed by atoms with Crippen molar-refractivity contribution in [3.63, 3.8) is 0 Å². The lowest BCUT2D eigenvalue weighted by molar-refractivity contribution is -0.115. The van der Waals surface area contributed by atoms with Crippen molar-refractivity contribution in [3.8, 4) is 11.5 Å². The van der Waals surface area contributed by atoms with Crippen LogP contribution >= 0.6 is 46.0 Å². The van der Waals surface area contributed by atoms with E-state index in [1.54, 1.807) is 7.11 Å². The summed E-state index contributed by atoms with van der Waals surface area (Å²) in [6.45, 7) is 4.39. The highest BCUT2D eigenvalue weighted by Gasteiger charge is 2.24. The zero-order valence-electron chi connectivity index (χ0n) is 18.8. The molecule has 0 saturated carbocycles. The summed E-state index contributed by atoms with van der Waals surface area (Å²) in [6.07, 6.45) is 1.82. The number of nitrogens with zero attached hydrogens (tertiary/aromatic N) is 1. The summed E-state index contributed by atoms with van der Waals surface area (Å²) in [5, 5.41) is 3.97. The van der Waals surface area contributed by atoms with Crippen LogP contribution in [-0.4, -0.2) is 18.2 Å². The van der Waals surface area contributed by atoms with Crippen LogP contribution in [0.5, 0.6) is 11.5 Å². The summed E-state index contributed by atoms with van der Waals surface area (Å²) in [5.74, 6) is 1.09. The van der Waals surface area contributed by atoms with E-state index in [4.69, 9.17) is 21.1 Å². The Morgan fingerprint density at radius 3 is 2.71 bits per heavy atom. The van der Waals surface area contributed by atoms with Crippen LogP contribution in [0.4, 0.5) is 5.69 Å². The van der Waals surface area contributed by atoms with E-state index in [0.717, 1.165) is 25.9 Å². The molecule has 5 nitrogen and oxygen atoms in total. The second-order valence-electron chi connectivity index (χ2n) is 7.68. The highest BCUT2D eigenvalue weighted by atomic mass is 127. The lowest BCUT2D eigenvalue weighted by atomic mass is 10.1. The number of amidine groups is 1. The predicted molar refractivity (Wildman–Crippen MR) is 148 cm³/mol. The Morgan fingerprint density at radius 2 is 1.94 bits per heavy atom. The van der Waals surface area contributed by atoms with Crippen molar-refractivity contribution in [1.29, 1.82) is 0 Å². The van der Waals surface area contributed by atoms with Crippen molar-refractivity contribution >= 4 is 68.8 Å². The van der Waals surface area contributed by atoms with Crippen LogP contribution in [0, 0.1) is 17.4 Å². The molecule has 8 heteroatoms. The number of benzene rings is 3. The van der Waals surface area contributed by atoms with Gasteiger partial charge >= 0.3 is 0 Å². The first-order valence-electron chi connectivity index (χ1n) is 10.4. The molecule has 0 bridgehead atoms. The van der Waals surface area contributed by atoms with Gasteiger partial charge in [0.25, 0.3) is 5.91 Å². The summed E-state index contributed by atoms with van der Waals surface area (Å²) in [4.78, 5) is 17.7. The zero-order valence-corrected chi connectivity index (χ0v) is 22.5. The molecule has 0 atom stereocenters. The van der Waals surface area contributed by atoms with E-state index in [0.29, 0.717) is 33.2 Å². The van der Waals surface area contributed by atoms with E-state index in [9.17, 15) is 4.79 Å². The molecule has 1 N–H and O–H groups in total. The van der Waals surface area contributed by atoms with Crippen LogP contribution in [0.2, 0.25) is 5.02 Å². The van der Waals surface area contributed by atoms with E-state index in [2.05, 4.69) is 52.0 Å².